The van der Waals surface area contributed by atoms with Gasteiger partial charge in [-0.1, -0.05) is 30.3 Å². The fourth-order valence-electron chi connectivity index (χ4n) is 2.81. The van der Waals surface area contributed by atoms with Gasteiger partial charge in [0.15, 0.2) is 12.0 Å². The highest BCUT2D eigenvalue weighted by atomic mass is 16.6. The number of nitrogens with zero attached hydrogens (tertiary/aromatic N) is 2. The number of aliphatic hydroxyl groups excluding tert-OH is 2. The second-order valence-corrected chi connectivity index (χ2v) is 6.26. The smallest absolute Gasteiger partial charge is 0.351 e. The molecule has 0 bridgehead atoms. The Hall–Kier alpha value is -2.30. The Kier molecular flexibility index (Phi) is 5.35. The molecule has 2 aromatic rings. The largest absolute Gasteiger partial charge is 0.394 e. The van der Waals surface area contributed by atoms with E-state index in [4.69, 9.17) is 9.57 Å². The third-order valence-corrected chi connectivity index (χ3v) is 4.28. The van der Waals surface area contributed by atoms with Crippen molar-refractivity contribution in [1.29, 1.82) is 0 Å². The molecule has 0 aliphatic carbocycles. The zero-order valence-electron chi connectivity index (χ0n) is 14.1. The molecule has 26 heavy (non-hydrogen) atoms. The zero-order valence-corrected chi connectivity index (χ0v) is 14.1. The molecule has 3 rings (SSSR count). The van der Waals surface area contributed by atoms with Crippen molar-refractivity contribution < 1.29 is 24.9 Å². The summed E-state index contributed by atoms with van der Waals surface area (Å²) < 4.78 is 6.46. The Balaban J connectivity index is 1.69. The van der Waals surface area contributed by atoms with Crippen LogP contribution in [0.3, 0.4) is 0 Å². The van der Waals surface area contributed by atoms with Gasteiger partial charge in [0.2, 0.25) is 0 Å². The number of anilines is 1. The van der Waals surface area contributed by atoms with Gasteiger partial charge in [-0.3, -0.25) is 9.40 Å². The average Bonchev–Trinajstić information content (AvgIpc) is 2.86. The van der Waals surface area contributed by atoms with Gasteiger partial charge < -0.3 is 20.1 Å². The summed E-state index contributed by atoms with van der Waals surface area (Å²) in [5, 5.41) is 29.7. The molecule has 1 aromatic heterocycles. The van der Waals surface area contributed by atoms with Crippen molar-refractivity contribution in [2.45, 2.75) is 37.6 Å². The van der Waals surface area contributed by atoms with Crippen LogP contribution >= 0.6 is 0 Å². The maximum atomic E-state index is 12.3. The fourth-order valence-corrected chi connectivity index (χ4v) is 2.81. The van der Waals surface area contributed by atoms with Crippen LogP contribution in [0, 0.1) is 0 Å². The molecule has 4 N–H and O–H groups in total. The molecule has 0 spiro atoms. The lowest BCUT2D eigenvalue weighted by molar-refractivity contribution is -0.0987. The summed E-state index contributed by atoms with van der Waals surface area (Å²) in [4.78, 5) is 21.4. The fraction of sp³-hybridized carbons (Fsp3) is 0.412. The third kappa shape index (κ3) is 3.62. The molecule has 9 nitrogen and oxygen atoms in total. The first-order chi connectivity index (χ1) is 12.4. The molecule has 1 aliphatic heterocycles. The number of benzene rings is 1. The number of hydrogen-bond acceptors (Lipinski definition) is 8. The van der Waals surface area contributed by atoms with Crippen LogP contribution in [0.4, 0.5) is 5.82 Å². The summed E-state index contributed by atoms with van der Waals surface area (Å²) in [6, 6.07) is 10.9. The lowest BCUT2D eigenvalue weighted by Gasteiger charge is -2.27. The van der Waals surface area contributed by atoms with Crippen LogP contribution in [-0.2, 0) is 16.2 Å². The molecular formula is C17H21N3O6. The van der Waals surface area contributed by atoms with Crippen molar-refractivity contribution in [2.75, 3.05) is 12.1 Å². The first-order valence-corrected chi connectivity index (χ1v) is 8.11. The van der Waals surface area contributed by atoms with Crippen molar-refractivity contribution in [1.82, 2.24) is 9.55 Å². The van der Waals surface area contributed by atoms with Gasteiger partial charge in [-0.15, -0.1) is 0 Å². The van der Waals surface area contributed by atoms with E-state index in [0.717, 1.165) is 10.1 Å². The second-order valence-electron chi connectivity index (χ2n) is 6.26. The van der Waals surface area contributed by atoms with Gasteiger partial charge in [-0.25, -0.2) is 10.3 Å². The summed E-state index contributed by atoms with van der Waals surface area (Å²) in [5.41, 5.74) is 1.08. The first-order valence-electron chi connectivity index (χ1n) is 8.11. The molecule has 2 unspecified atom stereocenters. The van der Waals surface area contributed by atoms with Gasteiger partial charge in [0.25, 0.3) is 0 Å². The topological polar surface area (TPSA) is 126 Å². The molecular weight excluding hydrogens is 342 g/mol. The summed E-state index contributed by atoms with van der Waals surface area (Å²) in [6.45, 7) is 1.14. The number of aliphatic hydroxyl groups is 3. The Morgan fingerprint density at radius 1 is 1.35 bits per heavy atom. The predicted octanol–water partition coefficient (Wildman–Crippen LogP) is -0.211. The minimum atomic E-state index is -1.75. The molecule has 9 heteroatoms. The van der Waals surface area contributed by atoms with E-state index in [-0.39, 0.29) is 12.4 Å². The molecule has 0 saturated carbocycles. The molecule has 1 aliphatic rings. The number of ether oxygens (including phenoxy) is 1. The van der Waals surface area contributed by atoms with E-state index in [2.05, 4.69) is 10.5 Å². The van der Waals surface area contributed by atoms with E-state index in [9.17, 15) is 20.1 Å². The predicted molar refractivity (Wildman–Crippen MR) is 91.0 cm³/mol. The van der Waals surface area contributed by atoms with E-state index in [1.165, 1.54) is 19.2 Å². The zero-order chi connectivity index (χ0) is 18.7. The molecule has 0 amide bonds. The van der Waals surface area contributed by atoms with Crippen molar-refractivity contribution in [3.8, 4) is 0 Å². The number of aromatic nitrogens is 2. The lowest BCUT2D eigenvalue weighted by atomic mass is 9.96. The molecule has 4 atom stereocenters. The minimum absolute atomic E-state index is 0.194. The maximum Gasteiger partial charge on any atom is 0.351 e. The van der Waals surface area contributed by atoms with Crippen LogP contribution in [-0.4, -0.2) is 49.3 Å². The molecule has 1 aromatic carbocycles. The second kappa shape index (κ2) is 7.52. The Bertz CT molecular complexity index is 795. The summed E-state index contributed by atoms with van der Waals surface area (Å²) in [7, 11) is 0. The highest BCUT2D eigenvalue weighted by Gasteiger charge is 2.53. The Morgan fingerprint density at radius 3 is 2.69 bits per heavy atom. The van der Waals surface area contributed by atoms with Gasteiger partial charge >= 0.3 is 5.69 Å². The van der Waals surface area contributed by atoms with Gasteiger partial charge in [-0.05, 0) is 18.6 Å². The van der Waals surface area contributed by atoms with Crippen LogP contribution in [0.1, 0.15) is 18.7 Å². The number of rotatable bonds is 6. The van der Waals surface area contributed by atoms with Crippen LogP contribution in [0.25, 0.3) is 0 Å². The van der Waals surface area contributed by atoms with E-state index in [1.807, 2.05) is 30.3 Å². The van der Waals surface area contributed by atoms with Crippen LogP contribution < -0.4 is 11.2 Å². The molecule has 140 valence electrons. The number of nitrogens with one attached hydrogen (secondary N) is 1. The van der Waals surface area contributed by atoms with Gasteiger partial charge in [0, 0.05) is 6.20 Å². The maximum absolute atomic E-state index is 12.3. The summed E-state index contributed by atoms with van der Waals surface area (Å²) >= 11 is 0. The summed E-state index contributed by atoms with van der Waals surface area (Å²) in [6.07, 6.45) is -2.13. The first kappa shape index (κ1) is 18.5. The Labute approximate surface area is 149 Å². The van der Waals surface area contributed by atoms with Crippen molar-refractivity contribution in [3.63, 3.8) is 0 Å². The lowest BCUT2D eigenvalue weighted by Crippen LogP contribution is -2.46. The van der Waals surface area contributed by atoms with Gasteiger partial charge in [0.05, 0.1) is 13.2 Å². The average molecular weight is 363 g/mol. The third-order valence-electron chi connectivity index (χ3n) is 4.28. The van der Waals surface area contributed by atoms with Crippen LogP contribution in [0.15, 0.2) is 47.4 Å². The normalized spacial score (nSPS) is 28.2. The van der Waals surface area contributed by atoms with Crippen molar-refractivity contribution >= 4 is 5.82 Å². The SMILES string of the molecule is CC1(O)C(O)[C@@H](CO)O[C@H]1n1ccc(NOCc2ccccc2)nc1=O. The minimum Gasteiger partial charge on any atom is -0.394 e. The van der Waals surface area contributed by atoms with E-state index >= 15 is 0 Å². The summed E-state index contributed by atoms with van der Waals surface area (Å²) in [5.74, 6) is 0.194. The monoisotopic (exact) mass is 363 g/mol. The van der Waals surface area contributed by atoms with Crippen LogP contribution in [0.5, 0.6) is 0 Å². The van der Waals surface area contributed by atoms with Crippen molar-refractivity contribution in [3.05, 3.63) is 58.6 Å². The highest BCUT2D eigenvalue weighted by molar-refractivity contribution is 5.29. The van der Waals surface area contributed by atoms with Gasteiger partial charge in [-0.2, -0.15) is 4.98 Å². The Morgan fingerprint density at radius 2 is 2.08 bits per heavy atom. The van der Waals surface area contributed by atoms with E-state index in [1.54, 1.807) is 0 Å². The van der Waals surface area contributed by atoms with E-state index < -0.39 is 36.3 Å². The standard InChI is InChI=1S/C17H21N3O6/c1-17(24)14(22)12(9-21)26-15(17)20-8-7-13(18-16(20)23)19-25-10-11-5-3-2-4-6-11/h2-8,12,14-15,21-22,24H,9-10H2,1H3,(H,18,19,23)/t12-,14?,15-,17?/m1/s1. The highest BCUT2D eigenvalue weighted by Crippen LogP contribution is 2.37. The van der Waals surface area contributed by atoms with E-state index in [0.29, 0.717) is 0 Å². The quantitative estimate of drug-likeness (QED) is 0.520. The van der Waals surface area contributed by atoms with Crippen LogP contribution in [0.2, 0.25) is 0 Å². The van der Waals surface area contributed by atoms with Crippen molar-refractivity contribution in [2.24, 2.45) is 0 Å². The molecule has 0 radical (unpaired) electrons. The molecule has 2 heterocycles. The number of hydrogen-bond donors (Lipinski definition) is 4. The molecule has 1 fully saturated rings. The molecule has 1 saturated heterocycles. The van der Waals surface area contributed by atoms with Gasteiger partial charge in [0.1, 0.15) is 17.8 Å².